The van der Waals surface area contributed by atoms with E-state index in [0.29, 0.717) is 23.0 Å². The van der Waals surface area contributed by atoms with Gasteiger partial charge in [-0.15, -0.1) is 11.3 Å². The average Bonchev–Trinajstić information content (AvgIpc) is 2.97. The van der Waals surface area contributed by atoms with E-state index < -0.39 is 0 Å². The van der Waals surface area contributed by atoms with Gasteiger partial charge in [-0.2, -0.15) is 5.26 Å². The van der Waals surface area contributed by atoms with Gasteiger partial charge in [0.05, 0.1) is 5.56 Å². The molecule has 0 fully saturated rings. The number of carbonyl (C=O) groups is 1. The molecule has 0 saturated heterocycles. The molecule has 0 radical (unpaired) electrons. The van der Waals surface area contributed by atoms with Gasteiger partial charge in [0.2, 0.25) is 0 Å². The fourth-order valence-corrected chi connectivity index (χ4v) is 4.91. The molecule has 1 aromatic heterocycles. The number of thiophene rings is 1. The van der Waals surface area contributed by atoms with Crippen molar-refractivity contribution in [2.45, 2.75) is 46.0 Å². The van der Waals surface area contributed by atoms with Crippen molar-refractivity contribution in [2.24, 2.45) is 5.92 Å². The van der Waals surface area contributed by atoms with Gasteiger partial charge in [0.25, 0.3) is 5.91 Å². The van der Waals surface area contributed by atoms with Gasteiger partial charge in [-0.05, 0) is 66.6 Å². The number of nitriles is 1. The Morgan fingerprint density at radius 3 is 2.67 bits per heavy atom. The monoisotopic (exact) mass is 397 g/mol. The molecule has 1 aliphatic rings. The summed E-state index contributed by atoms with van der Waals surface area (Å²) in [5.41, 5.74) is 3.55. The van der Waals surface area contributed by atoms with E-state index in [4.69, 9.17) is 12.2 Å². The van der Waals surface area contributed by atoms with Crippen LogP contribution >= 0.6 is 23.6 Å². The second-order valence-electron chi connectivity index (χ2n) is 7.35. The first-order valence-electron chi connectivity index (χ1n) is 9.16. The number of rotatable bonds is 3. The van der Waals surface area contributed by atoms with Crippen molar-refractivity contribution in [3.63, 3.8) is 0 Å². The molecule has 1 aromatic carbocycles. The van der Waals surface area contributed by atoms with Crippen LogP contribution in [0.1, 0.15) is 65.0 Å². The van der Waals surface area contributed by atoms with E-state index in [0.717, 1.165) is 29.8 Å². The van der Waals surface area contributed by atoms with Crippen molar-refractivity contribution < 1.29 is 4.79 Å². The van der Waals surface area contributed by atoms with Gasteiger partial charge >= 0.3 is 0 Å². The summed E-state index contributed by atoms with van der Waals surface area (Å²) >= 11 is 6.88. The topological polar surface area (TPSA) is 64.9 Å². The summed E-state index contributed by atoms with van der Waals surface area (Å²) < 4.78 is 0. The van der Waals surface area contributed by atoms with Gasteiger partial charge in [-0.1, -0.05) is 32.9 Å². The first-order chi connectivity index (χ1) is 12.9. The van der Waals surface area contributed by atoms with E-state index in [2.05, 4.69) is 37.5 Å². The molecule has 0 spiro atoms. The SMILES string of the molecule is CC(C)c1ccc(C(=O)NC(=S)Nc2sc3c(c2C#N)CC[C@@H](C)C3)cc1. The first-order valence-corrected chi connectivity index (χ1v) is 10.4. The van der Waals surface area contributed by atoms with Crippen molar-refractivity contribution in [1.82, 2.24) is 5.32 Å². The van der Waals surface area contributed by atoms with E-state index in [1.165, 1.54) is 10.4 Å². The second kappa shape index (κ2) is 8.20. The molecule has 0 bridgehead atoms. The molecule has 2 N–H and O–H groups in total. The summed E-state index contributed by atoms with van der Waals surface area (Å²) in [5, 5.41) is 16.3. The summed E-state index contributed by atoms with van der Waals surface area (Å²) in [6.07, 6.45) is 3.03. The van der Waals surface area contributed by atoms with Crippen molar-refractivity contribution in [1.29, 1.82) is 5.26 Å². The minimum absolute atomic E-state index is 0.219. The van der Waals surface area contributed by atoms with Crippen molar-refractivity contribution in [3.05, 3.63) is 51.4 Å². The molecule has 1 amide bonds. The number of thiocarbonyl (C=S) groups is 1. The number of hydrogen-bond acceptors (Lipinski definition) is 4. The molecule has 0 unspecified atom stereocenters. The number of nitrogens with one attached hydrogen (secondary N) is 2. The van der Waals surface area contributed by atoms with Crippen LogP contribution in [0.25, 0.3) is 0 Å². The van der Waals surface area contributed by atoms with Crippen LogP contribution in [0.2, 0.25) is 0 Å². The zero-order chi connectivity index (χ0) is 19.6. The van der Waals surface area contributed by atoms with Crippen molar-refractivity contribution in [2.75, 3.05) is 5.32 Å². The Balaban J connectivity index is 1.69. The highest BCUT2D eigenvalue weighted by molar-refractivity contribution is 7.80. The smallest absolute Gasteiger partial charge is 0.257 e. The van der Waals surface area contributed by atoms with E-state index >= 15 is 0 Å². The minimum Gasteiger partial charge on any atom is -0.323 e. The van der Waals surface area contributed by atoms with Crippen LogP contribution < -0.4 is 10.6 Å². The van der Waals surface area contributed by atoms with Gasteiger partial charge in [-0.25, -0.2) is 0 Å². The lowest BCUT2D eigenvalue weighted by molar-refractivity contribution is 0.0977. The van der Waals surface area contributed by atoms with Crippen LogP contribution in [0.3, 0.4) is 0 Å². The Labute approximate surface area is 169 Å². The van der Waals surface area contributed by atoms with Crippen LogP contribution in [0, 0.1) is 17.2 Å². The molecule has 1 aliphatic carbocycles. The zero-order valence-electron chi connectivity index (χ0n) is 15.8. The Morgan fingerprint density at radius 2 is 2.04 bits per heavy atom. The van der Waals surface area contributed by atoms with Gasteiger partial charge in [0.15, 0.2) is 5.11 Å². The van der Waals surface area contributed by atoms with Crippen molar-refractivity contribution in [3.8, 4) is 6.07 Å². The summed E-state index contributed by atoms with van der Waals surface area (Å²) in [4.78, 5) is 13.7. The summed E-state index contributed by atoms with van der Waals surface area (Å²) in [6.45, 7) is 6.46. The third-order valence-electron chi connectivity index (χ3n) is 4.92. The summed E-state index contributed by atoms with van der Waals surface area (Å²) in [5.74, 6) is 0.800. The molecule has 4 nitrogen and oxygen atoms in total. The van der Waals surface area contributed by atoms with Crippen LogP contribution in [0.5, 0.6) is 0 Å². The predicted octanol–water partition coefficient (Wildman–Crippen LogP) is 4.99. The molecule has 6 heteroatoms. The number of amides is 1. The zero-order valence-corrected chi connectivity index (χ0v) is 17.4. The van der Waals surface area contributed by atoms with E-state index in [-0.39, 0.29) is 11.0 Å². The largest absolute Gasteiger partial charge is 0.323 e. The number of hydrogen-bond donors (Lipinski definition) is 2. The Bertz CT molecular complexity index is 907. The van der Waals surface area contributed by atoms with Gasteiger partial charge < -0.3 is 5.32 Å². The van der Waals surface area contributed by atoms with Gasteiger partial charge in [0, 0.05) is 10.4 Å². The van der Waals surface area contributed by atoms with E-state index in [9.17, 15) is 10.1 Å². The number of anilines is 1. The number of nitrogens with zero attached hydrogens (tertiary/aromatic N) is 1. The fourth-order valence-electron chi connectivity index (χ4n) is 3.29. The molecule has 140 valence electrons. The Kier molecular flexibility index (Phi) is 5.93. The van der Waals surface area contributed by atoms with Gasteiger partial charge in [0.1, 0.15) is 11.1 Å². The fraction of sp³-hybridized carbons (Fsp3) is 0.381. The molecule has 1 heterocycles. The lowest BCUT2D eigenvalue weighted by Crippen LogP contribution is -2.34. The first kappa shape index (κ1) is 19.5. The third-order valence-corrected chi connectivity index (χ3v) is 6.29. The lowest BCUT2D eigenvalue weighted by atomic mass is 9.89. The highest BCUT2D eigenvalue weighted by atomic mass is 32.1. The molecular formula is C21H23N3OS2. The molecule has 0 saturated carbocycles. The van der Waals surface area contributed by atoms with E-state index in [1.807, 2.05) is 12.1 Å². The quantitative estimate of drug-likeness (QED) is 0.716. The number of carbonyl (C=O) groups excluding carboxylic acids is 1. The third kappa shape index (κ3) is 4.37. The standard InChI is InChI=1S/C21H23N3OS2/c1-12(2)14-5-7-15(8-6-14)19(25)23-21(26)24-20-17(11-22)16-9-4-13(3)10-18(16)27-20/h5-8,12-13H,4,9-10H2,1-3H3,(H2,23,24,25,26)/t13-/m1/s1. The lowest BCUT2D eigenvalue weighted by Gasteiger charge is -2.17. The van der Waals surface area contributed by atoms with Crippen LogP contribution in [0.4, 0.5) is 5.00 Å². The molecule has 1 atom stereocenters. The second-order valence-corrected chi connectivity index (χ2v) is 8.87. The maximum atomic E-state index is 12.4. The summed E-state index contributed by atoms with van der Waals surface area (Å²) in [7, 11) is 0. The van der Waals surface area contributed by atoms with Crippen LogP contribution in [-0.4, -0.2) is 11.0 Å². The maximum absolute atomic E-state index is 12.4. The molecule has 2 aromatic rings. The Hall–Kier alpha value is -2.23. The van der Waals surface area contributed by atoms with Crippen molar-refractivity contribution >= 4 is 39.6 Å². The number of fused-ring (bicyclic) bond motifs is 1. The van der Waals surface area contributed by atoms with E-state index in [1.54, 1.807) is 23.5 Å². The Morgan fingerprint density at radius 1 is 1.33 bits per heavy atom. The molecular weight excluding hydrogens is 374 g/mol. The van der Waals surface area contributed by atoms with Crippen LogP contribution in [-0.2, 0) is 12.8 Å². The normalized spacial score (nSPS) is 15.7. The van der Waals surface area contributed by atoms with Gasteiger partial charge in [-0.3, -0.25) is 10.1 Å². The highest BCUT2D eigenvalue weighted by Gasteiger charge is 2.24. The minimum atomic E-state index is -0.253. The molecule has 3 rings (SSSR count). The molecule has 27 heavy (non-hydrogen) atoms. The highest BCUT2D eigenvalue weighted by Crippen LogP contribution is 2.39. The average molecular weight is 398 g/mol. The number of benzene rings is 1. The van der Waals surface area contributed by atoms with Crippen LogP contribution in [0.15, 0.2) is 24.3 Å². The predicted molar refractivity (Wildman–Crippen MR) is 114 cm³/mol. The summed E-state index contributed by atoms with van der Waals surface area (Å²) in [6, 6.07) is 9.82. The maximum Gasteiger partial charge on any atom is 0.257 e. The molecule has 0 aliphatic heterocycles.